The van der Waals surface area contributed by atoms with Gasteiger partial charge in [-0.25, -0.2) is 9.97 Å². The summed E-state index contributed by atoms with van der Waals surface area (Å²) >= 11 is 13.6. The van der Waals surface area contributed by atoms with Gasteiger partial charge in [-0.05, 0) is 131 Å². The van der Waals surface area contributed by atoms with Crippen molar-refractivity contribution in [3.05, 3.63) is 106 Å². The number of aromatic nitrogens is 6. The fourth-order valence-electron chi connectivity index (χ4n) is 8.35. The van der Waals surface area contributed by atoms with Crippen LogP contribution in [0.25, 0.3) is 22.3 Å². The van der Waals surface area contributed by atoms with Crippen molar-refractivity contribution in [3.63, 3.8) is 0 Å². The van der Waals surface area contributed by atoms with E-state index in [1.807, 2.05) is 76.5 Å². The Hall–Kier alpha value is -4.92. The molecule has 2 aliphatic rings. The van der Waals surface area contributed by atoms with Gasteiger partial charge in [-0.15, -0.1) is 4.18 Å². The zero-order chi connectivity index (χ0) is 46.9. The van der Waals surface area contributed by atoms with E-state index in [0.717, 1.165) is 79.8 Å². The highest BCUT2D eigenvalue weighted by Gasteiger charge is 2.40. The van der Waals surface area contributed by atoms with Crippen LogP contribution < -0.4 is 29.9 Å². The van der Waals surface area contributed by atoms with Gasteiger partial charge in [-0.2, -0.15) is 24.2 Å². The maximum Gasteiger partial charge on any atom is 0.349 e. The van der Waals surface area contributed by atoms with Crippen LogP contribution in [0.3, 0.4) is 0 Å². The zero-order valence-corrected chi connectivity index (χ0v) is 41.4. The predicted octanol–water partition coefficient (Wildman–Crippen LogP) is 7.77. The number of nitrogens with one attached hydrogen (secondary N) is 4. The zero-order valence-electron chi connectivity index (χ0n) is 38.3. The van der Waals surface area contributed by atoms with Gasteiger partial charge in [0.25, 0.3) is 4.90 Å². The Kier molecular flexibility index (Phi) is 14.2. The second kappa shape index (κ2) is 19.7. The van der Waals surface area contributed by atoms with Crippen molar-refractivity contribution >= 4 is 67.0 Å². The highest BCUT2D eigenvalue weighted by molar-refractivity contribution is 8.00. The molecule has 4 unspecified atom stereocenters. The highest BCUT2D eigenvalue weighted by atomic mass is 35.5. The number of nitrogens with zero attached hydrogens (tertiary/aromatic N) is 8. The summed E-state index contributed by atoms with van der Waals surface area (Å²) < 4.78 is 57.1. The van der Waals surface area contributed by atoms with Crippen molar-refractivity contribution < 1.29 is 17.2 Å². The molecule has 6 aromatic rings. The van der Waals surface area contributed by atoms with Crippen LogP contribution in [-0.2, 0) is 53.9 Å². The van der Waals surface area contributed by atoms with Crippen molar-refractivity contribution in [3.8, 4) is 22.3 Å². The quantitative estimate of drug-likeness (QED) is 0.0633. The SMILES string of the molecule is Cc1nn(C)c(C)c1N[S+](=O)(OCC(C)Cc1nn(C)c(C)c1N[S+](=O)(O)c1c(Cl)cc(-c2ccnc(N3CCNCC3)c2)cc1Cl)c1ccc(-c2ccnc(N3CCNC(C)C3)c2)cc1. The first-order valence-corrected chi connectivity index (χ1v) is 25.7. The number of hydrogen-bond acceptors (Lipinski definition) is 11. The third-order valence-corrected chi connectivity index (χ3v) is 16.3. The van der Waals surface area contributed by atoms with E-state index in [-0.39, 0.29) is 27.5 Å². The normalized spacial score (nSPS) is 17.9. The number of anilines is 4. The molecule has 350 valence electrons. The number of hydrogen-bond donors (Lipinski definition) is 5. The van der Waals surface area contributed by atoms with Gasteiger partial charge in [0.2, 0.25) is 4.90 Å². The largest absolute Gasteiger partial charge is 0.354 e. The number of piperazine rings is 2. The smallest absolute Gasteiger partial charge is 0.349 e. The molecule has 0 radical (unpaired) electrons. The molecule has 0 aliphatic carbocycles. The summed E-state index contributed by atoms with van der Waals surface area (Å²) in [5.74, 6) is 1.49. The van der Waals surface area contributed by atoms with Crippen molar-refractivity contribution in [1.82, 2.24) is 40.2 Å². The van der Waals surface area contributed by atoms with Gasteiger partial charge in [0.15, 0.2) is 0 Å². The first-order valence-electron chi connectivity index (χ1n) is 22.0. The standard InChI is InChI=1S/C46H57Cl2N12O4S2/c1-29(22-41-45(33(5)58(7)54-41)55-65(61,62)46-39(47)23-37(24-40(46)48)36-13-15-51-42(26-36)59-19-16-49-17-20-59)28-64-66(63,56-44-31(3)53-57(6)32(44)4)38-10-8-34(9-11-38)35-12-14-52-43(25-35)60-21-18-50-30(2)27-60/h8-15,23-26,29-30,49-50H,16-22,27-28H2,1-7H3,(H2-,55,56,61,62,63)/q+1/p+1. The van der Waals surface area contributed by atoms with Gasteiger partial charge in [0, 0.05) is 78.3 Å². The lowest BCUT2D eigenvalue weighted by molar-refractivity contribution is 0.270. The van der Waals surface area contributed by atoms with Crippen LogP contribution in [0.5, 0.6) is 0 Å². The van der Waals surface area contributed by atoms with E-state index >= 15 is 4.21 Å². The average molecular weight is 978 g/mol. The lowest BCUT2D eigenvalue weighted by atomic mass is 10.1. The van der Waals surface area contributed by atoms with E-state index in [1.165, 1.54) is 0 Å². The number of halogens is 2. The molecule has 2 saturated heterocycles. The molecule has 2 aromatic carbocycles. The maximum atomic E-state index is 15.2. The Balaban J connectivity index is 1.00. The molecule has 4 atom stereocenters. The summed E-state index contributed by atoms with van der Waals surface area (Å²) in [6.45, 7) is 15.8. The fourth-order valence-corrected chi connectivity index (χ4v) is 12.5. The number of pyridine rings is 2. The molecule has 8 rings (SSSR count). The summed E-state index contributed by atoms with van der Waals surface area (Å²) in [5, 5.41) is 16.2. The van der Waals surface area contributed by atoms with Gasteiger partial charge < -0.3 is 20.4 Å². The summed E-state index contributed by atoms with van der Waals surface area (Å²) in [4.78, 5) is 14.0. The third kappa shape index (κ3) is 10.3. The van der Waals surface area contributed by atoms with Crippen molar-refractivity contribution in [2.45, 2.75) is 56.9 Å². The first-order chi connectivity index (χ1) is 31.5. The molecule has 0 bridgehead atoms. The van der Waals surface area contributed by atoms with E-state index in [1.54, 1.807) is 41.7 Å². The average Bonchev–Trinajstić information content (AvgIpc) is 3.70. The van der Waals surface area contributed by atoms with Crippen LogP contribution in [0.1, 0.15) is 36.6 Å². The van der Waals surface area contributed by atoms with Crippen molar-refractivity contribution in [2.75, 3.05) is 71.7 Å². The van der Waals surface area contributed by atoms with Crippen LogP contribution in [-0.4, -0.2) is 92.5 Å². The molecule has 20 heteroatoms. The Labute approximate surface area is 399 Å². The summed E-state index contributed by atoms with van der Waals surface area (Å²) in [7, 11) is -3.84. The summed E-state index contributed by atoms with van der Waals surface area (Å²) in [6.07, 6.45) is 3.87. The molecule has 16 nitrogen and oxygen atoms in total. The van der Waals surface area contributed by atoms with Gasteiger partial charge in [-0.3, -0.25) is 9.36 Å². The second-order valence-electron chi connectivity index (χ2n) is 17.2. The Bertz CT molecular complexity index is 2790. The van der Waals surface area contributed by atoms with E-state index in [0.29, 0.717) is 51.4 Å². The molecular formula is C46H58Cl2N12O4S2+2. The van der Waals surface area contributed by atoms with Gasteiger partial charge in [-0.1, -0.05) is 30.1 Å². The predicted molar refractivity (Wildman–Crippen MR) is 266 cm³/mol. The fraction of sp³-hybridized carbons (Fsp3) is 0.391. The maximum absolute atomic E-state index is 15.2. The van der Waals surface area contributed by atoms with Crippen LogP contribution in [0, 0.1) is 26.7 Å². The lowest BCUT2D eigenvalue weighted by Gasteiger charge is -2.32. The second-order valence-corrected chi connectivity index (χ2v) is 21.6. The highest BCUT2D eigenvalue weighted by Crippen LogP contribution is 2.40. The van der Waals surface area contributed by atoms with Crippen LogP contribution in [0.4, 0.5) is 23.0 Å². The topological polar surface area (TPSA) is 180 Å². The van der Waals surface area contributed by atoms with Gasteiger partial charge >= 0.3 is 20.8 Å². The Morgan fingerprint density at radius 1 is 0.788 bits per heavy atom. The minimum absolute atomic E-state index is 0.0349. The lowest BCUT2D eigenvalue weighted by Crippen LogP contribution is -2.49. The molecular weight excluding hydrogens is 920 g/mol. The monoisotopic (exact) mass is 976 g/mol. The molecule has 66 heavy (non-hydrogen) atoms. The van der Waals surface area contributed by atoms with E-state index in [4.69, 9.17) is 32.5 Å². The summed E-state index contributed by atoms with van der Waals surface area (Å²) in [5.41, 5.74) is 7.08. The molecule has 4 aromatic heterocycles. The molecule has 2 aliphatic heterocycles. The van der Waals surface area contributed by atoms with Crippen molar-refractivity contribution in [1.29, 1.82) is 0 Å². The van der Waals surface area contributed by atoms with Crippen LogP contribution in [0.15, 0.2) is 82.8 Å². The number of aryl methyl sites for hydroxylation is 3. The van der Waals surface area contributed by atoms with E-state index < -0.39 is 20.8 Å². The van der Waals surface area contributed by atoms with E-state index in [2.05, 4.69) is 57.9 Å². The Morgan fingerprint density at radius 3 is 2.00 bits per heavy atom. The molecule has 0 amide bonds. The summed E-state index contributed by atoms with van der Waals surface area (Å²) in [6, 6.07) is 19.1. The van der Waals surface area contributed by atoms with Crippen LogP contribution in [0.2, 0.25) is 10.0 Å². The molecule has 0 saturated carbocycles. The van der Waals surface area contributed by atoms with E-state index in [9.17, 15) is 8.76 Å². The van der Waals surface area contributed by atoms with Crippen molar-refractivity contribution in [2.24, 2.45) is 20.0 Å². The van der Waals surface area contributed by atoms with Gasteiger partial charge in [0.1, 0.15) is 39.7 Å². The molecule has 6 heterocycles. The minimum Gasteiger partial charge on any atom is -0.354 e. The first kappa shape index (κ1) is 47.6. The minimum atomic E-state index is -4.06. The number of rotatable bonds is 15. The number of benzene rings is 2. The molecule has 2 fully saturated rings. The van der Waals surface area contributed by atoms with Crippen LogP contribution >= 0.6 is 23.2 Å². The third-order valence-electron chi connectivity index (χ3n) is 12.2. The Morgan fingerprint density at radius 2 is 1.38 bits per heavy atom. The van der Waals surface area contributed by atoms with Gasteiger partial charge in [0.05, 0.1) is 22.8 Å². The molecule has 0 spiro atoms. The molecule has 5 N–H and O–H groups in total.